The Kier molecular flexibility index (Phi) is 5.17. The van der Waals surface area contributed by atoms with Crippen LogP contribution >= 0.6 is 0 Å². The number of hydrogen-bond acceptors (Lipinski definition) is 2. The number of rotatable bonds is 5. The summed E-state index contributed by atoms with van der Waals surface area (Å²) in [7, 11) is 0. The first-order valence-electron chi connectivity index (χ1n) is 11.2. The minimum absolute atomic E-state index is 0.0621. The average molecular weight is 400 g/mol. The Labute approximate surface area is 178 Å². The summed E-state index contributed by atoms with van der Waals surface area (Å²) in [5.74, 6) is -0.0621. The molecule has 1 amide bonds. The summed E-state index contributed by atoms with van der Waals surface area (Å²) in [5.41, 5.74) is 6.62. The molecule has 0 aliphatic carbocycles. The van der Waals surface area contributed by atoms with Crippen LogP contribution in [0, 0.1) is 0 Å². The molecule has 2 aromatic carbocycles. The summed E-state index contributed by atoms with van der Waals surface area (Å²) in [4.78, 5) is 18.7. The molecule has 1 unspecified atom stereocenters. The van der Waals surface area contributed by atoms with E-state index < -0.39 is 0 Å². The second kappa shape index (κ2) is 8.11. The zero-order valence-corrected chi connectivity index (χ0v) is 17.6. The van der Waals surface area contributed by atoms with E-state index in [-0.39, 0.29) is 5.91 Å². The third-order valence-corrected chi connectivity index (χ3v) is 6.57. The van der Waals surface area contributed by atoms with E-state index in [2.05, 4.69) is 46.5 Å². The van der Waals surface area contributed by atoms with Gasteiger partial charge in [-0.3, -0.25) is 9.69 Å². The number of benzene rings is 2. The smallest absolute Gasteiger partial charge is 0.255 e. The number of aromatic amines is 1. The van der Waals surface area contributed by atoms with Gasteiger partial charge in [-0.1, -0.05) is 31.6 Å². The minimum atomic E-state index is -0.0621. The van der Waals surface area contributed by atoms with Crippen LogP contribution in [0.25, 0.3) is 16.5 Å². The maximum absolute atomic E-state index is 12.7. The van der Waals surface area contributed by atoms with E-state index >= 15 is 0 Å². The lowest BCUT2D eigenvalue weighted by Gasteiger charge is -2.29. The summed E-state index contributed by atoms with van der Waals surface area (Å²) >= 11 is 0. The van der Waals surface area contributed by atoms with Gasteiger partial charge in [0.2, 0.25) is 0 Å². The average Bonchev–Trinajstić information content (AvgIpc) is 3.40. The van der Waals surface area contributed by atoms with Crippen LogP contribution in [-0.4, -0.2) is 34.9 Å². The van der Waals surface area contributed by atoms with Gasteiger partial charge in [-0.2, -0.15) is 0 Å². The fourth-order valence-corrected chi connectivity index (χ4v) is 4.93. The van der Waals surface area contributed by atoms with Crippen LogP contribution in [0.4, 0.5) is 5.69 Å². The van der Waals surface area contributed by atoms with E-state index in [0.29, 0.717) is 11.6 Å². The molecule has 5 rings (SSSR count). The fraction of sp³-hybridized carbons (Fsp3) is 0.346. The first kappa shape index (κ1) is 19.1. The first-order chi connectivity index (χ1) is 14.7. The predicted molar refractivity (Wildman–Crippen MR) is 124 cm³/mol. The van der Waals surface area contributed by atoms with Crippen molar-refractivity contribution in [2.75, 3.05) is 18.4 Å². The van der Waals surface area contributed by atoms with Gasteiger partial charge in [-0.15, -0.1) is 0 Å². The Hall–Kier alpha value is -2.85. The summed E-state index contributed by atoms with van der Waals surface area (Å²) in [6.45, 7) is 4.45. The van der Waals surface area contributed by atoms with Crippen LogP contribution < -0.4 is 5.32 Å². The van der Waals surface area contributed by atoms with Crippen LogP contribution in [0.1, 0.15) is 54.1 Å². The van der Waals surface area contributed by atoms with Crippen LogP contribution in [0.3, 0.4) is 0 Å². The van der Waals surface area contributed by atoms with E-state index in [4.69, 9.17) is 0 Å². The molecule has 2 aliphatic rings. The topological polar surface area (TPSA) is 48.1 Å². The van der Waals surface area contributed by atoms with Crippen LogP contribution in [0.5, 0.6) is 0 Å². The summed E-state index contributed by atoms with van der Waals surface area (Å²) in [5, 5.41) is 4.26. The molecule has 0 saturated carbocycles. The SMILES string of the molecule is CCCc1ccc(C(=O)Nc2ccc3[nH]cc(C4=CCN5CCCC5C4)c3c2)cc1. The van der Waals surface area contributed by atoms with Gasteiger partial charge in [0, 0.05) is 46.5 Å². The highest BCUT2D eigenvalue weighted by molar-refractivity contribution is 6.05. The molecular formula is C26H29N3O. The molecule has 1 fully saturated rings. The Morgan fingerprint density at radius 1 is 1.20 bits per heavy atom. The maximum atomic E-state index is 12.7. The lowest BCUT2D eigenvalue weighted by atomic mass is 9.94. The number of carbonyl (C=O) groups is 1. The van der Waals surface area contributed by atoms with Gasteiger partial charge in [-0.05, 0) is 73.7 Å². The molecule has 4 heteroatoms. The molecule has 1 saturated heterocycles. The molecular weight excluding hydrogens is 370 g/mol. The van der Waals surface area contributed by atoms with Crippen LogP contribution in [0.15, 0.2) is 54.7 Å². The second-order valence-electron chi connectivity index (χ2n) is 8.59. The summed E-state index contributed by atoms with van der Waals surface area (Å²) in [6.07, 6.45) is 10.4. The number of aromatic nitrogens is 1. The highest BCUT2D eigenvalue weighted by Crippen LogP contribution is 2.35. The highest BCUT2D eigenvalue weighted by atomic mass is 16.1. The number of nitrogens with one attached hydrogen (secondary N) is 2. The molecule has 2 aliphatic heterocycles. The third kappa shape index (κ3) is 3.68. The third-order valence-electron chi connectivity index (χ3n) is 6.57. The molecule has 0 bridgehead atoms. The monoisotopic (exact) mass is 399 g/mol. The molecule has 2 N–H and O–H groups in total. The molecule has 0 spiro atoms. The molecule has 1 aromatic heterocycles. The van der Waals surface area contributed by atoms with Crippen molar-refractivity contribution in [1.29, 1.82) is 0 Å². The Balaban J connectivity index is 1.37. The summed E-state index contributed by atoms with van der Waals surface area (Å²) in [6, 6.07) is 14.8. The van der Waals surface area contributed by atoms with E-state index in [9.17, 15) is 4.79 Å². The van der Waals surface area contributed by atoms with Crippen molar-refractivity contribution in [2.24, 2.45) is 0 Å². The minimum Gasteiger partial charge on any atom is -0.361 e. The maximum Gasteiger partial charge on any atom is 0.255 e. The van der Waals surface area contributed by atoms with Gasteiger partial charge in [0.25, 0.3) is 5.91 Å². The number of nitrogens with zero attached hydrogens (tertiary/aromatic N) is 1. The number of amides is 1. The van der Waals surface area contributed by atoms with Crippen molar-refractivity contribution >= 4 is 28.1 Å². The molecule has 4 nitrogen and oxygen atoms in total. The van der Waals surface area contributed by atoms with Gasteiger partial charge in [0.15, 0.2) is 0 Å². The van der Waals surface area contributed by atoms with Crippen LogP contribution in [0.2, 0.25) is 0 Å². The number of carbonyl (C=O) groups excluding carboxylic acids is 1. The number of aryl methyl sites for hydroxylation is 1. The Bertz CT molecular complexity index is 1090. The number of fused-ring (bicyclic) bond motifs is 2. The second-order valence-corrected chi connectivity index (χ2v) is 8.59. The van der Waals surface area contributed by atoms with E-state index in [1.165, 1.54) is 41.5 Å². The summed E-state index contributed by atoms with van der Waals surface area (Å²) < 4.78 is 0. The first-order valence-corrected chi connectivity index (χ1v) is 11.2. The largest absolute Gasteiger partial charge is 0.361 e. The standard InChI is InChI=1S/C26H29N3O/c1-2-4-18-6-8-19(9-7-18)26(30)28-21-10-11-25-23(16-21)24(17-27-25)20-12-14-29-13-3-5-22(29)15-20/h6-12,16-17,22,27H,2-5,13-15H2,1H3,(H,28,30). The highest BCUT2D eigenvalue weighted by Gasteiger charge is 2.28. The number of H-pyrrole nitrogens is 1. The lowest BCUT2D eigenvalue weighted by molar-refractivity contribution is 0.102. The van der Waals surface area contributed by atoms with Gasteiger partial charge >= 0.3 is 0 Å². The molecule has 154 valence electrons. The Morgan fingerprint density at radius 2 is 2.07 bits per heavy atom. The van der Waals surface area contributed by atoms with E-state index in [0.717, 1.165) is 37.0 Å². The van der Waals surface area contributed by atoms with Crippen molar-refractivity contribution in [3.63, 3.8) is 0 Å². The van der Waals surface area contributed by atoms with Crippen molar-refractivity contribution in [3.8, 4) is 0 Å². The molecule has 3 aromatic rings. The normalized spacial score (nSPS) is 19.0. The van der Waals surface area contributed by atoms with Gasteiger partial charge in [-0.25, -0.2) is 0 Å². The van der Waals surface area contributed by atoms with Gasteiger partial charge in [0.05, 0.1) is 0 Å². The number of anilines is 1. The quantitative estimate of drug-likeness (QED) is 0.585. The zero-order chi connectivity index (χ0) is 20.5. The molecule has 3 heterocycles. The fourth-order valence-electron chi connectivity index (χ4n) is 4.93. The zero-order valence-electron chi connectivity index (χ0n) is 17.6. The molecule has 30 heavy (non-hydrogen) atoms. The van der Waals surface area contributed by atoms with Crippen molar-refractivity contribution in [2.45, 2.75) is 45.1 Å². The van der Waals surface area contributed by atoms with E-state index in [1.54, 1.807) is 0 Å². The van der Waals surface area contributed by atoms with Crippen LogP contribution in [-0.2, 0) is 6.42 Å². The van der Waals surface area contributed by atoms with Gasteiger partial charge in [0.1, 0.15) is 0 Å². The number of hydrogen-bond donors (Lipinski definition) is 2. The van der Waals surface area contributed by atoms with Gasteiger partial charge < -0.3 is 10.3 Å². The Morgan fingerprint density at radius 3 is 2.90 bits per heavy atom. The van der Waals surface area contributed by atoms with Crippen molar-refractivity contribution in [3.05, 3.63) is 71.4 Å². The predicted octanol–water partition coefficient (Wildman–Crippen LogP) is 5.62. The van der Waals surface area contributed by atoms with E-state index in [1.807, 2.05) is 30.3 Å². The lowest BCUT2D eigenvalue weighted by Crippen LogP contribution is -2.32. The van der Waals surface area contributed by atoms with Crippen molar-refractivity contribution < 1.29 is 4.79 Å². The molecule has 1 atom stereocenters. The van der Waals surface area contributed by atoms with Crippen molar-refractivity contribution in [1.82, 2.24) is 9.88 Å². The molecule has 0 radical (unpaired) electrons.